The highest BCUT2D eigenvalue weighted by Crippen LogP contribution is 2.33. The maximum absolute atomic E-state index is 9.61. The second-order valence-electron chi connectivity index (χ2n) is 17.2. The predicted octanol–water partition coefficient (Wildman–Crippen LogP) is 10.2. The van der Waals surface area contributed by atoms with Gasteiger partial charge in [0, 0.05) is 81.7 Å². The van der Waals surface area contributed by atoms with E-state index in [1.807, 2.05) is 49.4 Å². The number of hydrogen-bond acceptors (Lipinski definition) is 16. The molecule has 10 N–H and O–H groups in total. The van der Waals surface area contributed by atoms with E-state index >= 15 is 0 Å². The fraction of sp³-hybridized carbons (Fsp3) is 0.193. The number of aromatic nitrogens is 2. The number of nitrogens with zero attached hydrogens (tertiary/aromatic N) is 4. The van der Waals surface area contributed by atoms with E-state index < -0.39 is 0 Å². The summed E-state index contributed by atoms with van der Waals surface area (Å²) in [5.41, 5.74) is 7.31. The summed E-state index contributed by atoms with van der Waals surface area (Å²) in [4.78, 5) is 13.5. The highest BCUT2D eigenvalue weighted by atomic mass is 16.5. The summed E-state index contributed by atoms with van der Waals surface area (Å²) in [7, 11) is 0. The molecule has 8 aromatic rings. The number of hydrogen-bond donors (Lipinski definition) is 10. The second-order valence-corrected chi connectivity index (χ2v) is 17.2. The molecule has 0 aliphatic carbocycles. The molecule has 16 heteroatoms. The minimum Gasteiger partial charge on any atom is -0.508 e. The largest absolute Gasteiger partial charge is 0.508 e. The second kappa shape index (κ2) is 24.8. The van der Waals surface area contributed by atoms with Gasteiger partial charge in [-0.15, -0.1) is 0 Å². The van der Waals surface area contributed by atoms with Gasteiger partial charge in [0.1, 0.15) is 23.0 Å². The lowest BCUT2D eigenvalue weighted by Gasteiger charge is -2.34. The van der Waals surface area contributed by atoms with Crippen LogP contribution in [0.15, 0.2) is 146 Å². The monoisotopic (exact) mass is 992 g/mol. The number of aryl methyl sites for hydroxylation is 2. The molecule has 6 aromatic carbocycles. The molecular formula is C57H60N4O12. The summed E-state index contributed by atoms with van der Waals surface area (Å²) >= 11 is 0. The van der Waals surface area contributed by atoms with Gasteiger partial charge in [-0.25, -0.2) is 0 Å². The summed E-state index contributed by atoms with van der Waals surface area (Å²) in [5, 5.41) is 94.7. The Morgan fingerprint density at radius 3 is 1.16 bits per heavy atom. The van der Waals surface area contributed by atoms with Gasteiger partial charge < -0.3 is 60.5 Å². The van der Waals surface area contributed by atoms with Crippen molar-refractivity contribution in [2.24, 2.45) is 0 Å². The third kappa shape index (κ3) is 15.6. The van der Waals surface area contributed by atoms with Crippen molar-refractivity contribution in [3.63, 3.8) is 0 Å². The molecule has 0 bridgehead atoms. The quantitative estimate of drug-likeness (QED) is 0.0511. The van der Waals surface area contributed by atoms with Gasteiger partial charge in [0.25, 0.3) is 0 Å². The SMILES string of the molecule is C.Cc1cc(Cc2cccc(Cc3ccc(O)c(O)c3)n2)ccc1O.Cc1cc(Oc2cccc(Oc3ccc(O)c(O)c3)n2)ccc1O.Oc1ccc(CN2CCN(Cc3ccc(O)c(O)c3)CC2)cc1O. The number of aromatic hydroxyl groups is 10. The van der Waals surface area contributed by atoms with Gasteiger partial charge in [0.15, 0.2) is 46.0 Å². The molecule has 1 aliphatic heterocycles. The predicted molar refractivity (Wildman–Crippen MR) is 276 cm³/mol. The van der Waals surface area contributed by atoms with Gasteiger partial charge in [-0.3, -0.25) is 14.8 Å². The highest BCUT2D eigenvalue weighted by molar-refractivity contribution is 5.46. The fourth-order valence-corrected chi connectivity index (χ4v) is 7.62. The molecular weight excluding hydrogens is 933 g/mol. The smallest absolute Gasteiger partial charge is 0.222 e. The Balaban J connectivity index is 0.000000177. The summed E-state index contributed by atoms with van der Waals surface area (Å²) in [6, 6.07) is 40.1. The number of rotatable bonds is 12. The Morgan fingerprint density at radius 1 is 0.370 bits per heavy atom. The zero-order chi connectivity index (χ0) is 51.3. The minimum absolute atomic E-state index is 0. The molecule has 0 unspecified atom stereocenters. The molecule has 1 saturated heterocycles. The van der Waals surface area contributed by atoms with Crippen LogP contribution in [0, 0.1) is 13.8 Å². The summed E-state index contributed by atoms with van der Waals surface area (Å²) < 4.78 is 11.2. The molecule has 0 radical (unpaired) electrons. The van der Waals surface area contributed by atoms with E-state index in [2.05, 4.69) is 19.8 Å². The van der Waals surface area contributed by atoms with Crippen LogP contribution in [0.2, 0.25) is 0 Å². The van der Waals surface area contributed by atoms with E-state index in [1.54, 1.807) is 73.7 Å². The van der Waals surface area contributed by atoms with Crippen LogP contribution in [0.3, 0.4) is 0 Å². The average molecular weight is 993 g/mol. The number of phenols is 10. The molecule has 1 fully saturated rings. The van der Waals surface area contributed by atoms with Gasteiger partial charge in [-0.2, -0.15) is 4.98 Å². The summed E-state index contributed by atoms with van der Waals surface area (Å²) in [6.07, 6.45) is 1.27. The molecule has 2 aromatic heterocycles. The Morgan fingerprint density at radius 2 is 0.726 bits per heavy atom. The lowest BCUT2D eigenvalue weighted by molar-refractivity contribution is 0.122. The zero-order valence-corrected chi connectivity index (χ0v) is 39.6. The standard InChI is InChI=1S/C20H19NO3.C18H22N2O4.C18H15NO5.CH4/c1-13-9-14(5-7-18(13)22)10-16-3-2-4-17(21-16)11-15-6-8-19(23)20(24)12-15;21-15-3-1-13(9-17(15)23)11-19-5-7-20(8-6-19)12-14-2-4-16(22)18(24)10-14;1-11-9-12(5-7-14(11)20)23-17-3-2-4-18(19-17)24-13-6-8-15(21)16(22)10-13;/h2-9,12,22-24H,10-11H2,1H3;1-4,9-10,21-24H,5-8,11-12H2;2-10,20-22H,1H3;1H4. The Bertz CT molecular complexity index is 2780. The lowest BCUT2D eigenvalue weighted by atomic mass is 10.0. The maximum atomic E-state index is 9.61. The normalized spacial score (nSPS) is 12.3. The number of phenolic OH excluding ortho intramolecular Hbond substituents is 10. The van der Waals surface area contributed by atoms with Crippen LogP contribution < -0.4 is 9.47 Å². The average Bonchev–Trinajstić information content (AvgIpc) is 3.35. The van der Waals surface area contributed by atoms with Crippen LogP contribution in [-0.4, -0.2) is 97.0 Å². The van der Waals surface area contributed by atoms with E-state index in [-0.39, 0.29) is 65.1 Å². The maximum Gasteiger partial charge on any atom is 0.222 e. The summed E-state index contributed by atoms with van der Waals surface area (Å²) in [5.74, 6) is 0.840. The van der Waals surface area contributed by atoms with Crippen molar-refractivity contribution in [3.05, 3.63) is 190 Å². The topological polar surface area (TPSA) is 253 Å². The number of piperazine rings is 1. The van der Waals surface area contributed by atoms with Gasteiger partial charge in [0.05, 0.1) is 0 Å². The Kier molecular flexibility index (Phi) is 18.2. The highest BCUT2D eigenvalue weighted by Gasteiger charge is 2.18. The number of pyridine rings is 2. The first-order valence-electron chi connectivity index (χ1n) is 22.9. The third-order valence-corrected chi connectivity index (χ3v) is 11.6. The molecule has 0 saturated carbocycles. The van der Waals surface area contributed by atoms with Crippen molar-refractivity contribution in [3.8, 4) is 80.8 Å². The van der Waals surface area contributed by atoms with Gasteiger partial charge in [-0.1, -0.05) is 49.9 Å². The third-order valence-electron chi connectivity index (χ3n) is 11.6. The van der Waals surface area contributed by atoms with Crippen LogP contribution in [0.25, 0.3) is 0 Å². The van der Waals surface area contributed by atoms with Crippen LogP contribution in [0.4, 0.5) is 0 Å². The van der Waals surface area contributed by atoms with Crippen molar-refractivity contribution < 1.29 is 60.5 Å². The Hall–Kier alpha value is -8.86. The van der Waals surface area contributed by atoms with Gasteiger partial charge >= 0.3 is 0 Å². The minimum atomic E-state index is -0.278. The van der Waals surface area contributed by atoms with Crippen molar-refractivity contribution in [2.75, 3.05) is 26.2 Å². The number of benzene rings is 6. The van der Waals surface area contributed by atoms with Crippen molar-refractivity contribution in [1.82, 2.24) is 19.8 Å². The van der Waals surface area contributed by atoms with Crippen LogP contribution in [0.5, 0.6) is 80.8 Å². The zero-order valence-electron chi connectivity index (χ0n) is 39.6. The first-order valence-corrected chi connectivity index (χ1v) is 22.9. The van der Waals surface area contributed by atoms with Crippen molar-refractivity contribution in [1.29, 1.82) is 0 Å². The first kappa shape index (κ1) is 53.5. The molecule has 0 atom stereocenters. The molecule has 1 aliphatic rings. The van der Waals surface area contributed by atoms with Crippen molar-refractivity contribution in [2.45, 2.75) is 47.2 Å². The van der Waals surface area contributed by atoms with Crippen LogP contribution >= 0.6 is 0 Å². The molecule has 73 heavy (non-hydrogen) atoms. The fourth-order valence-electron chi connectivity index (χ4n) is 7.62. The Labute approximate surface area is 423 Å². The van der Waals surface area contributed by atoms with Crippen molar-refractivity contribution >= 4 is 0 Å². The molecule has 0 amide bonds. The lowest BCUT2D eigenvalue weighted by Crippen LogP contribution is -2.45. The van der Waals surface area contributed by atoms with Gasteiger partial charge in [-0.05, 0) is 132 Å². The molecule has 9 rings (SSSR count). The first-order chi connectivity index (χ1) is 34.5. The van der Waals surface area contributed by atoms with Gasteiger partial charge in [0.2, 0.25) is 11.8 Å². The van der Waals surface area contributed by atoms with Crippen LogP contribution in [0.1, 0.15) is 52.2 Å². The van der Waals surface area contributed by atoms with Crippen LogP contribution in [-0.2, 0) is 25.9 Å². The molecule has 380 valence electrons. The van der Waals surface area contributed by atoms with E-state index in [4.69, 9.17) is 9.47 Å². The number of ether oxygens (including phenoxy) is 2. The van der Waals surface area contributed by atoms with E-state index in [0.29, 0.717) is 41.5 Å². The van der Waals surface area contributed by atoms with E-state index in [0.717, 1.165) is 78.5 Å². The molecule has 0 spiro atoms. The molecule has 16 nitrogen and oxygen atoms in total. The van der Waals surface area contributed by atoms with E-state index in [9.17, 15) is 51.1 Å². The molecule has 3 heterocycles. The van der Waals surface area contributed by atoms with E-state index in [1.165, 1.54) is 36.4 Å². The summed E-state index contributed by atoms with van der Waals surface area (Å²) in [6.45, 7) is 8.75.